The fraction of sp³-hybridized carbons (Fsp3) is 0.625. The van der Waals surface area contributed by atoms with Crippen molar-refractivity contribution < 1.29 is 0 Å². The smallest absolute Gasteiger partial charge is 0.0470 e. The van der Waals surface area contributed by atoms with Crippen molar-refractivity contribution in [1.82, 2.24) is 4.90 Å². The summed E-state index contributed by atoms with van der Waals surface area (Å²) in [5.74, 6) is 0. The van der Waals surface area contributed by atoms with Crippen LogP contribution in [0.2, 0.25) is 0 Å². The molecule has 0 spiro atoms. The van der Waals surface area contributed by atoms with Crippen LogP contribution in [0.3, 0.4) is 0 Å². The van der Waals surface area contributed by atoms with Gasteiger partial charge in [-0.15, -0.1) is 0 Å². The highest BCUT2D eigenvalue weighted by Gasteiger charge is 2.23. The Kier molecular flexibility index (Phi) is 3.76. The lowest BCUT2D eigenvalue weighted by Gasteiger charge is -2.34. The predicted octanol–water partition coefficient (Wildman–Crippen LogP) is 2.16. The summed E-state index contributed by atoms with van der Waals surface area (Å²) < 4.78 is 0. The average Bonchev–Trinajstić information content (AvgIpc) is 2.82. The van der Waals surface area contributed by atoms with Crippen LogP contribution in [-0.4, -0.2) is 38.1 Å². The SMILES string of the molecule is CN1CCc2cc([C@H](CN)N3CCCCC3)ccc21. The summed E-state index contributed by atoms with van der Waals surface area (Å²) in [4.78, 5) is 4.92. The molecule has 0 amide bonds. The molecule has 1 atom stereocenters. The van der Waals surface area contributed by atoms with Gasteiger partial charge in [0.25, 0.3) is 0 Å². The summed E-state index contributed by atoms with van der Waals surface area (Å²) >= 11 is 0. The molecule has 0 aromatic heterocycles. The molecule has 0 radical (unpaired) electrons. The number of fused-ring (bicyclic) bond motifs is 1. The molecule has 0 bridgehead atoms. The molecule has 2 aliphatic heterocycles. The number of hydrogen-bond donors (Lipinski definition) is 1. The number of rotatable bonds is 3. The second-order valence-electron chi connectivity index (χ2n) is 5.91. The van der Waals surface area contributed by atoms with Gasteiger partial charge >= 0.3 is 0 Å². The molecule has 1 saturated heterocycles. The van der Waals surface area contributed by atoms with Crippen molar-refractivity contribution >= 4 is 5.69 Å². The summed E-state index contributed by atoms with van der Waals surface area (Å²) in [7, 11) is 2.18. The molecule has 0 aliphatic carbocycles. The van der Waals surface area contributed by atoms with Crippen LogP contribution in [0.25, 0.3) is 0 Å². The molecule has 2 aliphatic rings. The van der Waals surface area contributed by atoms with Crippen molar-refractivity contribution in [2.24, 2.45) is 5.73 Å². The van der Waals surface area contributed by atoms with Crippen molar-refractivity contribution in [3.63, 3.8) is 0 Å². The maximum absolute atomic E-state index is 6.06. The van der Waals surface area contributed by atoms with E-state index in [9.17, 15) is 0 Å². The number of nitrogens with zero attached hydrogens (tertiary/aromatic N) is 2. The first-order valence-corrected chi connectivity index (χ1v) is 7.57. The highest BCUT2D eigenvalue weighted by atomic mass is 15.2. The number of likely N-dealkylation sites (tertiary alicyclic amines) is 1. The molecule has 1 aromatic carbocycles. The molecule has 3 rings (SSSR count). The number of nitrogens with two attached hydrogens (primary N) is 1. The average molecular weight is 259 g/mol. The molecule has 19 heavy (non-hydrogen) atoms. The van der Waals surface area contributed by atoms with Gasteiger partial charge in [0.05, 0.1) is 0 Å². The molecule has 0 unspecified atom stereocenters. The number of hydrogen-bond acceptors (Lipinski definition) is 3. The maximum Gasteiger partial charge on any atom is 0.0470 e. The van der Waals surface area contributed by atoms with Gasteiger partial charge in [0, 0.05) is 31.9 Å². The van der Waals surface area contributed by atoms with Gasteiger partial charge in [-0.1, -0.05) is 18.6 Å². The van der Waals surface area contributed by atoms with Crippen molar-refractivity contribution in [3.05, 3.63) is 29.3 Å². The van der Waals surface area contributed by atoms with Crippen LogP contribution in [0.1, 0.15) is 36.4 Å². The molecule has 2 N–H and O–H groups in total. The molecule has 3 nitrogen and oxygen atoms in total. The number of likely N-dealkylation sites (N-methyl/N-ethyl adjacent to an activating group) is 1. The van der Waals surface area contributed by atoms with Gasteiger partial charge in [-0.25, -0.2) is 0 Å². The monoisotopic (exact) mass is 259 g/mol. The van der Waals surface area contributed by atoms with Crippen LogP contribution >= 0.6 is 0 Å². The van der Waals surface area contributed by atoms with Crippen molar-refractivity contribution in [2.45, 2.75) is 31.7 Å². The Morgan fingerprint density at radius 3 is 2.68 bits per heavy atom. The largest absolute Gasteiger partial charge is 0.374 e. The van der Waals surface area contributed by atoms with E-state index in [0.29, 0.717) is 6.04 Å². The Bertz CT molecular complexity index is 438. The van der Waals surface area contributed by atoms with E-state index < -0.39 is 0 Å². The zero-order valence-corrected chi connectivity index (χ0v) is 11.9. The minimum atomic E-state index is 0.413. The zero-order chi connectivity index (χ0) is 13.2. The Morgan fingerprint density at radius 1 is 1.16 bits per heavy atom. The van der Waals surface area contributed by atoms with Crippen molar-refractivity contribution in [3.8, 4) is 0 Å². The molecule has 0 saturated carbocycles. The van der Waals surface area contributed by atoms with Gasteiger partial charge in [-0.2, -0.15) is 0 Å². The first kappa shape index (κ1) is 12.9. The first-order valence-electron chi connectivity index (χ1n) is 7.57. The second kappa shape index (κ2) is 5.51. The third-order valence-electron chi connectivity index (χ3n) is 4.67. The van der Waals surface area contributed by atoms with Crippen LogP contribution in [0.5, 0.6) is 0 Å². The minimum absolute atomic E-state index is 0.413. The Hall–Kier alpha value is -1.06. The number of benzene rings is 1. The molecule has 104 valence electrons. The molecule has 1 aromatic rings. The van der Waals surface area contributed by atoms with Crippen molar-refractivity contribution in [2.75, 3.05) is 38.1 Å². The van der Waals surface area contributed by atoms with E-state index in [0.717, 1.165) is 13.1 Å². The third kappa shape index (κ3) is 2.49. The fourth-order valence-electron chi connectivity index (χ4n) is 3.52. The highest BCUT2D eigenvalue weighted by Crippen LogP contribution is 2.31. The van der Waals surface area contributed by atoms with E-state index in [-0.39, 0.29) is 0 Å². The quantitative estimate of drug-likeness (QED) is 0.903. The first-order chi connectivity index (χ1) is 9.29. The number of piperidine rings is 1. The van der Waals surface area contributed by atoms with Crippen LogP contribution in [0.4, 0.5) is 5.69 Å². The minimum Gasteiger partial charge on any atom is -0.374 e. The zero-order valence-electron chi connectivity index (χ0n) is 11.9. The van der Waals surface area contributed by atoms with Gasteiger partial charge in [0.2, 0.25) is 0 Å². The predicted molar refractivity (Wildman–Crippen MR) is 80.6 cm³/mol. The summed E-state index contributed by atoms with van der Waals surface area (Å²) in [6.45, 7) is 4.29. The third-order valence-corrected chi connectivity index (χ3v) is 4.67. The summed E-state index contributed by atoms with van der Waals surface area (Å²) in [6.07, 6.45) is 5.20. The van der Waals surface area contributed by atoms with E-state index in [1.807, 2.05) is 0 Å². The lowest BCUT2D eigenvalue weighted by atomic mass is 9.99. The molecule has 3 heteroatoms. The van der Waals surface area contributed by atoms with Gasteiger partial charge in [-0.05, 0) is 49.5 Å². The van der Waals surface area contributed by atoms with Gasteiger partial charge in [-0.3, -0.25) is 4.90 Å². The lowest BCUT2D eigenvalue weighted by molar-refractivity contribution is 0.167. The standard InChI is InChI=1S/C16H25N3/c1-18-10-7-14-11-13(5-6-15(14)18)16(12-17)19-8-3-2-4-9-19/h5-6,11,16H,2-4,7-10,12,17H2,1H3/t16-/m0/s1. The van der Waals surface area contributed by atoms with Gasteiger partial charge < -0.3 is 10.6 Å². The summed E-state index contributed by atoms with van der Waals surface area (Å²) in [5.41, 5.74) is 10.4. The lowest BCUT2D eigenvalue weighted by Crippen LogP contribution is -2.37. The molecular weight excluding hydrogens is 234 g/mol. The van der Waals surface area contributed by atoms with Crippen LogP contribution in [0.15, 0.2) is 18.2 Å². The number of anilines is 1. The Labute approximate surface area is 116 Å². The van der Waals surface area contributed by atoms with E-state index >= 15 is 0 Å². The molecule has 2 heterocycles. The highest BCUT2D eigenvalue weighted by molar-refractivity contribution is 5.58. The van der Waals surface area contributed by atoms with E-state index in [1.54, 1.807) is 0 Å². The van der Waals surface area contributed by atoms with Gasteiger partial charge in [0.1, 0.15) is 0 Å². The van der Waals surface area contributed by atoms with Crippen LogP contribution in [0, 0.1) is 0 Å². The van der Waals surface area contributed by atoms with E-state index in [1.165, 1.54) is 55.6 Å². The van der Waals surface area contributed by atoms with E-state index in [4.69, 9.17) is 5.73 Å². The second-order valence-corrected chi connectivity index (χ2v) is 5.91. The fourth-order valence-corrected chi connectivity index (χ4v) is 3.52. The molecule has 1 fully saturated rings. The Morgan fingerprint density at radius 2 is 1.95 bits per heavy atom. The summed E-state index contributed by atoms with van der Waals surface area (Å²) in [5, 5.41) is 0. The normalized spacial score (nSPS) is 21.5. The maximum atomic E-state index is 6.06. The summed E-state index contributed by atoms with van der Waals surface area (Å²) in [6, 6.07) is 7.37. The van der Waals surface area contributed by atoms with Gasteiger partial charge in [0.15, 0.2) is 0 Å². The topological polar surface area (TPSA) is 32.5 Å². The van der Waals surface area contributed by atoms with Crippen LogP contribution in [-0.2, 0) is 6.42 Å². The van der Waals surface area contributed by atoms with Crippen LogP contribution < -0.4 is 10.6 Å². The Balaban J connectivity index is 1.83. The van der Waals surface area contributed by atoms with Crippen molar-refractivity contribution in [1.29, 1.82) is 0 Å². The van der Waals surface area contributed by atoms with E-state index in [2.05, 4.69) is 35.0 Å². The molecular formula is C16H25N3.